The predicted octanol–water partition coefficient (Wildman–Crippen LogP) is 4.65. The van der Waals surface area contributed by atoms with Crippen LogP contribution in [0.4, 0.5) is 5.13 Å². The number of aromatic nitrogens is 4. The van der Waals surface area contributed by atoms with Gasteiger partial charge in [0, 0.05) is 18.5 Å². The van der Waals surface area contributed by atoms with Gasteiger partial charge in [0.05, 0.1) is 23.9 Å². The second-order valence-electron chi connectivity index (χ2n) is 6.61. The van der Waals surface area contributed by atoms with Crippen LogP contribution in [0.25, 0.3) is 21.6 Å². The van der Waals surface area contributed by atoms with E-state index in [0.717, 1.165) is 27.3 Å². The maximum absolute atomic E-state index is 12.5. The number of H-pyrrole nitrogens is 1. The van der Waals surface area contributed by atoms with Gasteiger partial charge in [0.15, 0.2) is 15.7 Å². The normalized spacial score (nSPS) is 10.9. The van der Waals surface area contributed by atoms with E-state index >= 15 is 0 Å². The number of benzene rings is 2. The van der Waals surface area contributed by atoms with Gasteiger partial charge in [-0.2, -0.15) is 5.10 Å². The first-order valence-electron chi connectivity index (χ1n) is 9.70. The fourth-order valence-electron chi connectivity index (χ4n) is 3.09. The Kier molecular flexibility index (Phi) is 6.28. The van der Waals surface area contributed by atoms with Crippen molar-refractivity contribution in [3.63, 3.8) is 0 Å². The average molecular weight is 456 g/mol. The highest BCUT2D eigenvalue weighted by Crippen LogP contribution is 2.29. The first kappa shape index (κ1) is 21.0. The molecule has 0 saturated carbocycles. The van der Waals surface area contributed by atoms with Gasteiger partial charge in [-0.15, -0.1) is 0 Å². The van der Waals surface area contributed by atoms with E-state index < -0.39 is 0 Å². The second-order valence-corrected chi connectivity index (χ2v) is 8.03. The molecular formula is C21H21N5O3S2. The minimum atomic E-state index is -0.147. The quantitative estimate of drug-likeness (QED) is 0.376. The number of methoxy groups -OCH3 is 1. The molecule has 0 aliphatic carbocycles. The molecule has 4 rings (SSSR count). The molecule has 31 heavy (non-hydrogen) atoms. The number of thiazole rings is 1. The van der Waals surface area contributed by atoms with Crippen molar-refractivity contribution in [3.05, 3.63) is 47.2 Å². The molecular weight excluding hydrogens is 434 g/mol. The van der Waals surface area contributed by atoms with E-state index in [-0.39, 0.29) is 12.3 Å². The second kappa shape index (κ2) is 9.27. The van der Waals surface area contributed by atoms with E-state index in [4.69, 9.17) is 21.7 Å². The number of hydrogen-bond donors (Lipinski definition) is 2. The topological polar surface area (TPSA) is 94.1 Å². The third-order valence-electron chi connectivity index (χ3n) is 4.59. The lowest BCUT2D eigenvalue weighted by atomic mass is 10.2. The van der Waals surface area contributed by atoms with E-state index in [2.05, 4.69) is 20.5 Å². The summed E-state index contributed by atoms with van der Waals surface area (Å²) >= 11 is 6.76. The molecule has 0 saturated heterocycles. The molecule has 2 N–H and O–H groups in total. The number of carbonyl (C=O) groups excluding carboxylic acids is 1. The third-order valence-corrected chi connectivity index (χ3v) is 5.83. The van der Waals surface area contributed by atoms with E-state index in [1.54, 1.807) is 7.11 Å². The maximum Gasteiger partial charge on any atom is 0.227 e. The number of nitrogens with one attached hydrogen (secondary N) is 2. The lowest BCUT2D eigenvalue weighted by molar-refractivity contribution is -0.116. The van der Waals surface area contributed by atoms with Crippen molar-refractivity contribution in [2.24, 2.45) is 0 Å². The fraction of sp³-hybridized carbons (Fsp3) is 0.238. The van der Waals surface area contributed by atoms with Crippen molar-refractivity contribution in [2.45, 2.75) is 19.9 Å². The number of ether oxygens (including phenoxy) is 2. The zero-order valence-electron chi connectivity index (χ0n) is 17.0. The number of amides is 1. The summed E-state index contributed by atoms with van der Waals surface area (Å²) in [5.74, 6) is 2.07. The molecule has 10 heteroatoms. The van der Waals surface area contributed by atoms with Crippen LogP contribution in [0.2, 0.25) is 0 Å². The predicted molar refractivity (Wildman–Crippen MR) is 123 cm³/mol. The average Bonchev–Trinajstić information content (AvgIpc) is 3.34. The van der Waals surface area contributed by atoms with E-state index in [1.165, 1.54) is 11.3 Å². The summed E-state index contributed by atoms with van der Waals surface area (Å²) in [6.07, 6.45) is 0.233. The van der Waals surface area contributed by atoms with Gasteiger partial charge in [0.25, 0.3) is 0 Å². The summed E-state index contributed by atoms with van der Waals surface area (Å²) in [5.41, 5.74) is 1.70. The molecule has 2 aromatic heterocycles. The molecule has 160 valence electrons. The van der Waals surface area contributed by atoms with Gasteiger partial charge in [0.2, 0.25) is 5.91 Å². The summed E-state index contributed by atoms with van der Waals surface area (Å²) in [6, 6.07) is 13.2. The Balaban J connectivity index is 1.44. The molecule has 8 nitrogen and oxygen atoms in total. The first-order chi connectivity index (χ1) is 15.1. The highest BCUT2D eigenvalue weighted by atomic mass is 32.1. The van der Waals surface area contributed by atoms with Gasteiger partial charge in [-0.25, -0.2) is 4.98 Å². The zero-order chi connectivity index (χ0) is 21.8. The SMILES string of the molecule is CCOc1ccc(-c2n[nH]c(=S)n2CCC(=O)Nc2nc3ccc(OC)cc3s2)cc1. The largest absolute Gasteiger partial charge is 0.497 e. The Morgan fingerprint density at radius 2 is 2.00 bits per heavy atom. The van der Waals surface area contributed by atoms with Gasteiger partial charge in [-0.3, -0.25) is 14.5 Å². The first-order valence-corrected chi connectivity index (χ1v) is 10.9. The molecule has 1 amide bonds. The highest BCUT2D eigenvalue weighted by Gasteiger charge is 2.13. The number of anilines is 1. The van der Waals surface area contributed by atoms with Crippen molar-refractivity contribution >= 4 is 44.8 Å². The van der Waals surface area contributed by atoms with Crippen LogP contribution in [-0.4, -0.2) is 39.4 Å². The molecule has 2 aromatic carbocycles. The zero-order valence-corrected chi connectivity index (χ0v) is 18.7. The molecule has 4 aromatic rings. The van der Waals surface area contributed by atoms with E-state index in [0.29, 0.717) is 28.9 Å². The molecule has 0 aliphatic heterocycles. The summed E-state index contributed by atoms with van der Waals surface area (Å²) in [4.78, 5) is 17.0. The van der Waals surface area contributed by atoms with Crippen LogP contribution >= 0.6 is 23.6 Å². The number of carbonyl (C=O) groups is 1. The summed E-state index contributed by atoms with van der Waals surface area (Å²) in [5, 5.41) is 10.5. The van der Waals surface area contributed by atoms with Gasteiger partial charge in [-0.05, 0) is 61.6 Å². The standard InChI is InChI=1S/C21H21N5O3S2/c1-3-29-14-6-4-13(5-7-14)19-24-25-21(30)26(19)11-10-18(27)23-20-22-16-9-8-15(28-2)12-17(16)31-20/h4-9,12H,3,10-11H2,1-2H3,(H,25,30)(H,22,23,27). The number of hydrogen-bond acceptors (Lipinski definition) is 7. The van der Waals surface area contributed by atoms with Crippen LogP contribution in [0.15, 0.2) is 42.5 Å². The Morgan fingerprint density at radius 3 is 2.74 bits per heavy atom. The molecule has 0 bridgehead atoms. The van der Waals surface area contributed by atoms with Gasteiger partial charge in [0.1, 0.15) is 11.5 Å². The van der Waals surface area contributed by atoms with Crippen molar-refractivity contribution in [1.29, 1.82) is 0 Å². The van der Waals surface area contributed by atoms with Crippen molar-refractivity contribution in [1.82, 2.24) is 19.7 Å². The minimum absolute atomic E-state index is 0.147. The lowest BCUT2D eigenvalue weighted by Gasteiger charge is -2.08. The Bertz CT molecular complexity index is 1260. The van der Waals surface area contributed by atoms with Gasteiger partial charge in [-0.1, -0.05) is 11.3 Å². The van der Waals surface area contributed by atoms with E-state index in [9.17, 15) is 4.79 Å². The summed E-state index contributed by atoms with van der Waals surface area (Å²) in [7, 11) is 1.62. The van der Waals surface area contributed by atoms with E-state index in [1.807, 2.05) is 54.0 Å². The van der Waals surface area contributed by atoms with Crippen LogP contribution in [0.5, 0.6) is 11.5 Å². The maximum atomic E-state index is 12.5. The van der Waals surface area contributed by atoms with Crippen molar-refractivity contribution in [2.75, 3.05) is 19.0 Å². The molecule has 2 heterocycles. The van der Waals surface area contributed by atoms with Crippen molar-refractivity contribution in [3.8, 4) is 22.9 Å². The van der Waals surface area contributed by atoms with Crippen LogP contribution in [0, 0.1) is 4.77 Å². The monoisotopic (exact) mass is 455 g/mol. The Labute approximate surface area is 187 Å². The smallest absolute Gasteiger partial charge is 0.227 e. The highest BCUT2D eigenvalue weighted by molar-refractivity contribution is 7.71. The van der Waals surface area contributed by atoms with Crippen molar-refractivity contribution < 1.29 is 14.3 Å². The Morgan fingerprint density at radius 1 is 1.23 bits per heavy atom. The number of rotatable bonds is 8. The Hall–Kier alpha value is -3.24. The number of fused-ring (bicyclic) bond motifs is 1. The third kappa shape index (κ3) is 4.75. The fourth-order valence-corrected chi connectivity index (χ4v) is 4.23. The van der Waals surface area contributed by atoms with Crippen LogP contribution in [-0.2, 0) is 11.3 Å². The molecule has 0 radical (unpaired) electrons. The minimum Gasteiger partial charge on any atom is -0.497 e. The van der Waals surface area contributed by atoms with Crippen LogP contribution in [0.3, 0.4) is 0 Å². The number of nitrogens with zero attached hydrogens (tertiary/aromatic N) is 3. The van der Waals surface area contributed by atoms with Gasteiger partial charge >= 0.3 is 0 Å². The number of aromatic amines is 1. The molecule has 0 spiro atoms. The lowest BCUT2D eigenvalue weighted by Crippen LogP contribution is -2.15. The molecule has 0 unspecified atom stereocenters. The summed E-state index contributed by atoms with van der Waals surface area (Å²) < 4.78 is 13.9. The summed E-state index contributed by atoms with van der Waals surface area (Å²) in [6.45, 7) is 2.94. The van der Waals surface area contributed by atoms with Crippen LogP contribution < -0.4 is 14.8 Å². The molecule has 0 aliphatic rings. The molecule has 0 fully saturated rings. The molecule has 0 atom stereocenters. The van der Waals surface area contributed by atoms with Crippen LogP contribution in [0.1, 0.15) is 13.3 Å². The van der Waals surface area contributed by atoms with Gasteiger partial charge < -0.3 is 14.8 Å².